The van der Waals surface area contributed by atoms with Crippen molar-refractivity contribution in [2.24, 2.45) is 11.7 Å². The van der Waals surface area contributed by atoms with E-state index in [9.17, 15) is 16.8 Å². The van der Waals surface area contributed by atoms with Crippen LogP contribution in [0.3, 0.4) is 0 Å². The Balaban J connectivity index is 4.47. The molecule has 104 valence electrons. The summed E-state index contributed by atoms with van der Waals surface area (Å²) >= 11 is 0. The maximum atomic E-state index is 11.6. The molecule has 8 heteroatoms. The molecule has 0 aliphatic heterocycles. The standard InChI is InChI=1S/C9H22N2O4S2/c1-8(2)9(10)5-6-11(3)17(14,15)7-16(4,12)13/h8-9H,5-7,10H2,1-4H3. The van der Waals surface area contributed by atoms with Crippen LogP contribution in [-0.2, 0) is 19.9 Å². The smallest absolute Gasteiger partial charge is 0.228 e. The highest BCUT2D eigenvalue weighted by Crippen LogP contribution is 2.07. The maximum absolute atomic E-state index is 11.6. The number of sulfone groups is 1. The Labute approximate surface area is 104 Å². The van der Waals surface area contributed by atoms with E-state index >= 15 is 0 Å². The highest BCUT2D eigenvalue weighted by molar-refractivity contribution is 8.06. The maximum Gasteiger partial charge on any atom is 0.228 e. The van der Waals surface area contributed by atoms with Gasteiger partial charge in [0.15, 0.2) is 14.9 Å². The summed E-state index contributed by atoms with van der Waals surface area (Å²) in [5.41, 5.74) is 5.80. The normalized spacial score (nSPS) is 15.5. The van der Waals surface area contributed by atoms with Gasteiger partial charge in [0.25, 0.3) is 0 Å². The number of hydrogen-bond acceptors (Lipinski definition) is 5. The highest BCUT2D eigenvalue weighted by Gasteiger charge is 2.23. The van der Waals surface area contributed by atoms with Crippen LogP contribution in [-0.4, -0.2) is 52.1 Å². The minimum absolute atomic E-state index is 0.0918. The van der Waals surface area contributed by atoms with Crippen molar-refractivity contribution in [3.63, 3.8) is 0 Å². The first-order valence-corrected chi connectivity index (χ1v) is 9.00. The fourth-order valence-corrected chi connectivity index (χ4v) is 4.43. The molecule has 6 nitrogen and oxygen atoms in total. The van der Waals surface area contributed by atoms with Crippen LogP contribution in [0.15, 0.2) is 0 Å². The highest BCUT2D eigenvalue weighted by atomic mass is 32.3. The molecule has 0 rings (SSSR count). The van der Waals surface area contributed by atoms with Crippen molar-refractivity contribution < 1.29 is 16.8 Å². The third kappa shape index (κ3) is 6.97. The Morgan fingerprint density at radius 1 is 1.18 bits per heavy atom. The van der Waals surface area contributed by atoms with Gasteiger partial charge in [-0.25, -0.2) is 21.1 Å². The number of rotatable bonds is 7. The van der Waals surface area contributed by atoms with E-state index < -0.39 is 24.9 Å². The number of nitrogens with two attached hydrogens (primary N) is 1. The van der Waals surface area contributed by atoms with Gasteiger partial charge in [-0.2, -0.15) is 0 Å². The molecular formula is C9H22N2O4S2. The van der Waals surface area contributed by atoms with Crippen LogP contribution in [0.4, 0.5) is 0 Å². The predicted molar refractivity (Wildman–Crippen MR) is 68.7 cm³/mol. The summed E-state index contributed by atoms with van der Waals surface area (Å²) in [7, 11) is -5.92. The van der Waals surface area contributed by atoms with Gasteiger partial charge in [-0.3, -0.25) is 0 Å². The van der Waals surface area contributed by atoms with Crippen molar-refractivity contribution in [1.29, 1.82) is 0 Å². The zero-order valence-corrected chi connectivity index (χ0v) is 12.4. The van der Waals surface area contributed by atoms with Crippen molar-refractivity contribution in [2.45, 2.75) is 26.3 Å². The third-order valence-electron chi connectivity index (χ3n) is 2.47. The topological polar surface area (TPSA) is 97.5 Å². The van der Waals surface area contributed by atoms with Gasteiger partial charge in [-0.15, -0.1) is 0 Å². The molecule has 0 aromatic carbocycles. The molecule has 2 N–H and O–H groups in total. The van der Waals surface area contributed by atoms with Gasteiger partial charge in [-0.1, -0.05) is 13.8 Å². The molecule has 0 fully saturated rings. The predicted octanol–water partition coefficient (Wildman–Crippen LogP) is -0.376. The summed E-state index contributed by atoms with van der Waals surface area (Å²) in [5.74, 6) is 0.265. The van der Waals surface area contributed by atoms with E-state index in [4.69, 9.17) is 5.73 Å². The minimum Gasteiger partial charge on any atom is -0.327 e. The first kappa shape index (κ1) is 16.8. The fraction of sp³-hybridized carbons (Fsp3) is 1.00. The second kappa shape index (κ2) is 6.12. The summed E-state index contributed by atoms with van der Waals surface area (Å²) in [6.07, 6.45) is 1.41. The molecule has 0 saturated carbocycles. The van der Waals surface area contributed by atoms with Gasteiger partial charge < -0.3 is 5.73 Å². The van der Waals surface area contributed by atoms with E-state index in [1.165, 1.54) is 7.05 Å². The number of sulfonamides is 1. The van der Waals surface area contributed by atoms with Gasteiger partial charge in [0.2, 0.25) is 10.0 Å². The van der Waals surface area contributed by atoms with E-state index in [0.717, 1.165) is 10.6 Å². The van der Waals surface area contributed by atoms with E-state index in [1.54, 1.807) is 0 Å². The zero-order valence-electron chi connectivity index (χ0n) is 10.8. The summed E-state index contributed by atoms with van der Waals surface area (Å²) < 4.78 is 46.3. The van der Waals surface area contributed by atoms with Crippen LogP contribution in [0.2, 0.25) is 0 Å². The molecule has 0 saturated heterocycles. The lowest BCUT2D eigenvalue weighted by Gasteiger charge is -2.20. The van der Waals surface area contributed by atoms with E-state index in [-0.39, 0.29) is 18.5 Å². The van der Waals surface area contributed by atoms with Crippen molar-refractivity contribution in [1.82, 2.24) is 4.31 Å². The first-order chi connectivity index (χ1) is 7.46. The molecule has 1 atom stereocenters. The molecule has 0 aliphatic carbocycles. The summed E-state index contributed by atoms with van der Waals surface area (Å²) in [6.45, 7) is 4.14. The van der Waals surface area contributed by atoms with Gasteiger partial charge in [0, 0.05) is 25.9 Å². The Morgan fingerprint density at radius 2 is 1.65 bits per heavy atom. The quantitative estimate of drug-likeness (QED) is 0.688. The Kier molecular flexibility index (Phi) is 6.06. The summed E-state index contributed by atoms with van der Waals surface area (Å²) in [5, 5.41) is -0.854. The largest absolute Gasteiger partial charge is 0.327 e. The van der Waals surface area contributed by atoms with E-state index in [1.807, 2.05) is 13.8 Å². The summed E-state index contributed by atoms with van der Waals surface area (Å²) in [4.78, 5) is 0. The molecule has 0 aromatic rings. The fourth-order valence-electron chi connectivity index (χ4n) is 1.16. The second-order valence-corrected chi connectivity index (χ2v) is 9.26. The van der Waals surface area contributed by atoms with Crippen LogP contribution >= 0.6 is 0 Å². The molecule has 0 aromatic heterocycles. The van der Waals surface area contributed by atoms with Crippen LogP contribution in [0, 0.1) is 5.92 Å². The van der Waals surface area contributed by atoms with Crippen LogP contribution in [0.5, 0.6) is 0 Å². The van der Waals surface area contributed by atoms with Gasteiger partial charge in [-0.05, 0) is 12.3 Å². The van der Waals surface area contributed by atoms with Crippen LogP contribution in [0.1, 0.15) is 20.3 Å². The molecule has 17 heavy (non-hydrogen) atoms. The van der Waals surface area contributed by atoms with Gasteiger partial charge in [0.1, 0.15) is 0 Å². The van der Waals surface area contributed by atoms with Crippen molar-refractivity contribution in [3.05, 3.63) is 0 Å². The second-order valence-electron chi connectivity index (χ2n) is 4.67. The molecule has 0 spiro atoms. The Morgan fingerprint density at radius 3 is 2.00 bits per heavy atom. The third-order valence-corrected chi connectivity index (χ3v) is 6.51. The lowest BCUT2D eigenvalue weighted by molar-refractivity contribution is 0.399. The van der Waals surface area contributed by atoms with E-state index in [2.05, 4.69) is 0 Å². The van der Waals surface area contributed by atoms with Crippen LogP contribution < -0.4 is 5.73 Å². The molecule has 0 aliphatic rings. The lowest BCUT2D eigenvalue weighted by atomic mass is 10.0. The minimum atomic E-state index is -3.75. The van der Waals surface area contributed by atoms with Crippen molar-refractivity contribution in [2.75, 3.05) is 24.9 Å². The molecule has 0 radical (unpaired) electrons. The average molecular weight is 286 g/mol. The zero-order chi connectivity index (χ0) is 13.9. The SMILES string of the molecule is CC(C)C(N)CCN(C)S(=O)(=O)CS(C)(=O)=O. The summed E-state index contributed by atoms with van der Waals surface area (Å²) in [6, 6.07) is -0.0918. The number of hydrogen-bond donors (Lipinski definition) is 1. The average Bonchev–Trinajstić information content (AvgIpc) is 2.09. The van der Waals surface area contributed by atoms with Gasteiger partial charge in [0.05, 0.1) is 0 Å². The Hall–Kier alpha value is -0.180. The van der Waals surface area contributed by atoms with E-state index in [0.29, 0.717) is 6.42 Å². The van der Waals surface area contributed by atoms with Crippen LogP contribution in [0.25, 0.3) is 0 Å². The molecule has 0 amide bonds. The first-order valence-electron chi connectivity index (χ1n) is 5.33. The number of nitrogens with zero attached hydrogens (tertiary/aromatic N) is 1. The molecular weight excluding hydrogens is 264 g/mol. The monoisotopic (exact) mass is 286 g/mol. The van der Waals surface area contributed by atoms with Gasteiger partial charge >= 0.3 is 0 Å². The molecule has 1 unspecified atom stereocenters. The Bertz CT molecular complexity index is 428. The van der Waals surface area contributed by atoms with Crippen molar-refractivity contribution in [3.8, 4) is 0 Å². The lowest BCUT2D eigenvalue weighted by Crippen LogP contribution is -2.36. The molecule has 0 bridgehead atoms. The molecule has 0 heterocycles. The van der Waals surface area contributed by atoms with Crippen molar-refractivity contribution >= 4 is 19.9 Å².